The van der Waals surface area contributed by atoms with E-state index < -0.39 is 10.5 Å². The topological polar surface area (TPSA) is 63.4 Å². The number of benzene rings is 1. The number of aryl methyl sites for hydroxylation is 1. The van der Waals surface area contributed by atoms with Crippen molar-refractivity contribution < 1.29 is 10.0 Å². The Kier molecular flexibility index (Phi) is 1.82. The van der Waals surface area contributed by atoms with E-state index in [0.717, 1.165) is 5.56 Å². The van der Waals surface area contributed by atoms with E-state index in [1.54, 1.807) is 6.07 Å². The summed E-state index contributed by atoms with van der Waals surface area (Å²) in [4.78, 5) is 10.1. The number of hydrogen-bond acceptors (Lipinski definition) is 3. The molecular weight excluding hydrogens is 182 g/mol. The summed E-state index contributed by atoms with van der Waals surface area (Å²) in [6, 6.07) is 4.62. The zero-order valence-electron chi connectivity index (χ0n) is 7.86. The van der Waals surface area contributed by atoms with Crippen LogP contribution in [-0.4, -0.2) is 10.0 Å². The van der Waals surface area contributed by atoms with Crippen LogP contribution in [0.1, 0.15) is 24.0 Å². The van der Waals surface area contributed by atoms with Gasteiger partial charge in [0.25, 0.3) is 5.69 Å². The number of nitro benzene ring substituents is 1. The van der Waals surface area contributed by atoms with Crippen LogP contribution in [-0.2, 0) is 5.60 Å². The van der Waals surface area contributed by atoms with E-state index in [-0.39, 0.29) is 5.69 Å². The number of nitro groups is 1. The van der Waals surface area contributed by atoms with Gasteiger partial charge >= 0.3 is 0 Å². The molecule has 1 aromatic rings. The maximum Gasteiger partial charge on any atom is 0.269 e. The normalized spacial score (nSPS) is 17.9. The van der Waals surface area contributed by atoms with Crippen molar-refractivity contribution in [2.24, 2.45) is 0 Å². The average molecular weight is 193 g/mol. The van der Waals surface area contributed by atoms with Crippen LogP contribution in [0, 0.1) is 17.0 Å². The molecule has 0 amide bonds. The second kappa shape index (κ2) is 2.78. The Morgan fingerprint density at radius 2 is 2.14 bits per heavy atom. The lowest BCUT2D eigenvalue weighted by molar-refractivity contribution is -0.385. The van der Waals surface area contributed by atoms with Gasteiger partial charge in [-0.25, -0.2) is 0 Å². The lowest BCUT2D eigenvalue weighted by Gasteiger charge is -2.10. The molecule has 0 aromatic heterocycles. The van der Waals surface area contributed by atoms with Gasteiger partial charge in [-0.1, -0.05) is 6.07 Å². The fourth-order valence-corrected chi connectivity index (χ4v) is 1.61. The van der Waals surface area contributed by atoms with E-state index in [2.05, 4.69) is 0 Å². The van der Waals surface area contributed by atoms with Crippen molar-refractivity contribution in [2.45, 2.75) is 25.4 Å². The van der Waals surface area contributed by atoms with E-state index in [1.807, 2.05) is 6.92 Å². The Hall–Kier alpha value is -1.42. The Bertz CT molecular complexity index is 396. The summed E-state index contributed by atoms with van der Waals surface area (Å²) in [5.74, 6) is 0. The zero-order chi connectivity index (χ0) is 10.3. The van der Waals surface area contributed by atoms with Crippen LogP contribution in [0.4, 0.5) is 5.69 Å². The molecular formula is C10H11NO3. The third-order valence-corrected chi connectivity index (χ3v) is 2.66. The molecule has 0 radical (unpaired) electrons. The van der Waals surface area contributed by atoms with E-state index >= 15 is 0 Å². The molecule has 4 nitrogen and oxygen atoms in total. The first-order valence-electron chi connectivity index (χ1n) is 4.51. The Labute approximate surface area is 81.3 Å². The molecule has 0 bridgehead atoms. The van der Waals surface area contributed by atoms with Crippen LogP contribution in [0.3, 0.4) is 0 Å². The highest BCUT2D eigenvalue weighted by Crippen LogP contribution is 2.47. The predicted molar refractivity (Wildman–Crippen MR) is 51.0 cm³/mol. The average Bonchev–Trinajstić information content (AvgIpc) is 2.85. The fourth-order valence-electron chi connectivity index (χ4n) is 1.61. The lowest BCUT2D eigenvalue weighted by atomic mass is 10.0. The number of rotatable bonds is 2. The summed E-state index contributed by atoms with van der Waals surface area (Å²) in [6.07, 6.45) is 1.41. The van der Waals surface area contributed by atoms with Crippen molar-refractivity contribution in [3.05, 3.63) is 39.4 Å². The fraction of sp³-hybridized carbons (Fsp3) is 0.400. The molecule has 74 valence electrons. The summed E-state index contributed by atoms with van der Waals surface area (Å²) >= 11 is 0. The monoisotopic (exact) mass is 193 g/mol. The van der Waals surface area contributed by atoms with Crippen LogP contribution in [0.25, 0.3) is 0 Å². The Morgan fingerprint density at radius 1 is 1.50 bits per heavy atom. The highest BCUT2D eigenvalue weighted by atomic mass is 16.6. The molecule has 1 N–H and O–H groups in total. The highest BCUT2D eigenvalue weighted by Gasteiger charge is 2.43. The molecule has 0 heterocycles. The van der Waals surface area contributed by atoms with Crippen LogP contribution in [0.15, 0.2) is 18.2 Å². The van der Waals surface area contributed by atoms with Gasteiger partial charge in [0.15, 0.2) is 0 Å². The second-order valence-corrected chi connectivity index (χ2v) is 3.79. The van der Waals surface area contributed by atoms with Crippen LogP contribution < -0.4 is 0 Å². The van der Waals surface area contributed by atoms with E-state index in [1.165, 1.54) is 12.1 Å². The molecule has 1 aliphatic rings. The van der Waals surface area contributed by atoms with Crippen LogP contribution >= 0.6 is 0 Å². The van der Waals surface area contributed by atoms with Gasteiger partial charge in [-0.15, -0.1) is 0 Å². The third kappa shape index (κ3) is 1.37. The molecule has 0 unspecified atom stereocenters. The molecule has 0 spiro atoms. The van der Waals surface area contributed by atoms with Crippen LogP contribution in [0.2, 0.25) is 0 Å². The molecule has 1 fully saturated rings. The van der Waals surface area contributed by atoms with Gasteiger partial charge in [-0.3, -0.25) is 10.1 Å². The highest BCUT2D eigenvalue weighted by molar-refractivity contribution is 5.44. The number of aliphatic hydroxyl groups is 1. The quantitative estimate of drug-likeness (QED) is 0.576. The second-order valence-electron chi connectivity index (χ2n) is 3.79. The van der Waals surface area contributed by atoms with Gasteiger partial charge in [-0.05, 0) is 30.9 Å². The minimum Gasteiger partial charge on any atom is -0.385 e. The van der Waals surface area contributed by atoms with E-state index in [9.17, 15) is 15.2 Å². The largest absolute Gasteiger partial charge is 0.385 e. The Morgan fingerprint density at radius 3 is 2.64 bits per heavy atom. The molecule has 0 aliphatic heterocycles. The van der Waals surface area contributed by atoms with Gasteiger partial charge in [0.1, 0.15) is 0 Å². The van der Waals surface area contributed by atoms with Gasteiger partial charge < -0.3 is 5.11 Å². The predicted octanol–water partition coefficient (Wildman–Crippen LogP) is 1.88. The third-order valence-electron chi connectivity index (χ3n) is 2.66. The number of non-ortho nitro benzene ring substituents is 1. The van der Waals surface area contributed by atoms with Crippen molar-refractivity contribution in [1.82, 2.24) is 0 Å². The number of hydrogen-bond donors (Lipinski definition) is 1. The van der Waals surface area contributed by atoms with E-state index in [4.69, 9.17) is 0 Å². The van der Waals surface area contributed by atoms with Gasteiger partial charge in [0, 0.05) is 12.1 Å². The molecule has 14 heavy (non-hydrogen) atoms. The lowest BCUT2D eigenvalue weighted by Crippen LogP contribution is -2.07. The maximum atomic E-state index is 10.5. The summed E-state index contributed by atoms with van der Waals surface area (Å²) < 4.78 is 0. The standard InChI is InChI=1S/C10H11NO3/c1-7-2-3-8(11(13)14)6-9(7)10(12)4-5-10/h2-3,6,12H,4-5H2,1H3. The molecule has 1 saturated carbocycles. The molecule has 0 saturated heterocycles. The van der Waals surface area contributed by atoms with Crippen molar-refractivity contribution in [2.75, 3.05) is 0 Å². The Balaban J connectivity index is 2.48. The SMILES string of the molecule is Cc1ccc([N+](=O)[O-])cc1C1(O)CC1. The van der Waals surface area contributed by atoms with E-state index in [0.29, 0.717) is 18.4 Å². The van der Waals surface area contributed by atoms with Crippen molar-refractivity contribution in [3.8, 4) is 0 Å². The first kappa shape index (κ1) is 9.15. The van der Waals surface area contributed by atoms with Crippen molar-refractivity contribution >= 4 is 5.69 Å². The van der Waals surface area contributed by atoms with Gasteiger partial charge in [0.2, 0.25) is 0 Å². The van der Waals surface area contributed by atoms with Gasteiger partial charge in [-0.2, -0.15) is 0 Å². The molecule has 1 aromatic carbocycles. The summed E-state index contributed by atoms with van der Waals surface area (Å²) in [6.45, 7) is 1.86. The number of nitrogens with zero attached hydrogens (tertiary/aromatic N) is 1. The summed E-state index contributed by atoms with van der Waals surface area (Å²) in [5, 5.41) is 20.4. The first-order valence-corrected chi connectivity index (χ1v) is 4.51. The summed E-state index contributed by atoms with van der Waals surface area (Å²) in [7, 11) is 0. The maximum absolute atomic E-state index is 10.5. The molecule has 2 rings (SSSR count). The van der Waals surface area contributed by atoms with Crippen LogP contribution in [0.5, 0.6) is 0 Å². The smallest absolute Gasteiger partial charge is 0.269 e. The molecule has 1 aliphatic carbocycles. The minimum atomic E-state index is -0.796. The minimum absolute atomic E-state index is 0.0472. The first-order chi connectivity index (χ1) is 6.53. The van der Waals surface area contributed by atoms with Crippen molar-refractivity contribution in [3.63, 3.8) is 0 Å². The molecule has 0 atom stereocenters. The zero-order valence-corrected chi connectivity index (χ0v) is 7.86. The van der Waals surface area contributed by atoms with Crippen molar-refractivity contribution in [1.29, 1.82) is 0 Å². The molecule has 4 heteroatoms. The van der Waals surface area contributed by atoms with Gasteiger partial charge in [0.05, 0.1) is 10.5 Å². The summed E-state index contributed by atoms with van der Waals surface area (Å²) in [5.41, 5.74) is 0.865.